The molecule has 1 heterocycles. The van der Waals surface area contributed by atoms with Gasteiger partial charge in [-0.25, -0.2) is 4.98 Å². The van der Waals surface area contributed by atoms with Gasteiger partial charge in [0.25, 0.3) is 5.56 Å². The predicted molar refractivity (Wildman–Crippen MR) is 80.9 cm³/mol. The summed E-state index contributed by atoms with van der Waals surface area (Å²) in [5, 5.41) is 0.516. The van der Waals surface area contributed by atoms with E-state index in [9.17, 15) is 4.79 Å². The molecule has 0 fully saturated rings. The van der Waals surface area contributed by atoms with E-state index in [1.165, 1.54) is 0 Å². The second-order valence-electron chi connectivity index (χ2n) is 3.93. The first kappa shape index (κ1) is 13.4. The van der Waals surface area contributed by atoms with E-state index < -0.39 is 0 Å². The molecule has 0 radical (unpaired) electrons. The van der Waals surface area contributed by atoms with Crippen molar-refractivity contribution < 1.29 is 0 Å². The van der Waals surface area contributed by atoms with Crippen molar-refractivity contribution in [2.75, 3.05) is 5.73 Å². The summed E-state index contributed by atoms with van der Waals surface area (Å²) in [6.07, 6.45) is 1.55. The number of hydrogen-bond acceptors (Lipinski definition) is 3. The molecule has 18 heavy (non-hydrogen) atoms. The molecule has 0 saturated heterocycles. The molecular weight excluding hydrogens is 365 g/mol. The Kier molecular flexibility index (Phi) is 3.91. The Bertz CT molecular complexity index is 654. The topological polar surface area (TPSA) is 60.9 Å². The van der Waals surface area contributed by atoms with Gasteiger partial charge in [0.1, 0.15) is 0 Å². The lowest BCUT2D eigenvalue weighted by molar-refractivity contribution is 0.724. The Morgan fingerprint density at radius 1 is 1.50 bits per heavy atom. The fourth-order valence-corrected chi connectivity index (χ4v) is 2.11. The highest BCUT2D eigenvalue weighted by molar-refractivity contribution is 14.1. The molecule has 0 unspecified atom stereocenters. The summed E-state index contributed by atoms with van der Waals surface area (Å²) in [5.41, 5.74) is 7.86. The van der Waals surface area contributed by atoms with Gasteiger partial charge >= 0.3 is 0 Å². The van der Waals surface area contributed by atoms with Crippen molar-refractivity contribution in [3.63, 3.8) is 0 Å². The van der Waals surface area contributed by atoms with E-state index in [0.717, 1.165) is 11.3 Å². The quantitative estimate of drug-likeness (QED) is 0.648. The van der Waals surface area contributed by atoms with Crippen molar-refractivity contribution in [3.8, 4) is 0 Å². The van der Waals surface area contributed by atoms with Gasteiger partial charge in [0.2, 0.25) is 0 Å². The third kappa shape index (κ3) is 2.67. The summed E-state index contributed by atoms with van der Waals surface area (Å²) in [6, 6.07) is 5.34. The molecule has 0 atom stereocenters. The van der Waals surface area contributed by atoms with Crippen LogP contribution < -0.4 is 11.3 Å². The molecule has 0 amide bonds. The first-order valence-corrected chi connectivity index (χ1v) is 6.70. The Hall–Kier alpha value is -1.08. The third-order valence-electron chi connectivity index (χ3n) is 2.57. The SMILES string of the molecule is Cc1ncn(Cc2ccc(Cl)c(N)c2)c(=O)c1I. The average Bonchev–Trinajstić information content (AvgIpc) is 2.34. The van der Waals surface area contributed by atoms with Gasteiger partial charge in [0.05, 0.1) is 32.8 Å². The molecule has 2 N–H and O–H groups in total. The van der Waals surface area contributed by atoms with Gasteiger partial charge in [-0.1, -0.05) is 17.7 Å². The number of nitrogen functional groups attached to an aromatic ring is 1. The zero-order valence-electron chi connectivity index (χ0n) is 9.65. The summed E-state index contributed by atoms with van der Waals surface area (Å²) >= 11 is 7.86. The Balaban J connectivity index is 2.37. The van der Waals surface area contributed by atoms with Gasteiger partial charge in [0, 0.05) is 0 Å². The Labute approximate surface area is 123 Å². The maximum atomic E-state index is 12.0. The number of aromatic nitrogens is 2. The summed E-state index contributed by atoms with van der Waals surface area (Å²) in [6.45, 7) is 2.25. The third-order valence-corrected chi connectivity index (χ3v) is 4.16. The molecule has 2 aromatic rings. The van der Waals surface area contributed by atoms with Crippen molar-refractivity contribution in [3.05, 3.63) is 54.7 Å². The standard InChI is InChI=1S/C12H11ClIN3O/c1-7-11(14)12(18)17(6-16-7)5-8-2-3-9(13)10(15)4-8/h2-4,6H,5,15H2,1H3. The number of aryl methyl sites for hydroxylation is 1. The number of anilines is 1. The highest BCUT2D eigenvalue weighted by Gasteiger charge is 2.06. The largest absolute Gasteiger partial charge is 0.398 e. The maximum absolute atomic E-state index is 12.0. The summed E-state index contributed by atoms with van der Waals surface area (Å²) in [4.78, 5) is 16.2. The van der Waals surface area contributed by atoms with Crippen LogP contribution in [0.25, 0.3) is 0 Å². The van der Waals surface area contributed by atoms with Crippen LogP contribution in [0.4, 0.5) is 5.69 Å². The molecule has 2 rings (SSSR count). The molecule has 0 saturated carbocycles. The Morgan fingerprint density at radius 2 is 2.22 bits per heavy atom. The molecule has 0 spiro atoms. The van der Waals surface area contributed by atoms with Gasteiger partial charge < -0.3 is 5.73 Å². The van der Waals surface area contributed by atoms with Crippen LogP contribution in [0.5, 0.6) is 0 Å². The fourth-order valence-electron chi connectivity index (χ4n) is 1.55. The molecular formula is C12H11ClIN3O. The molecule has 1 aromatic carbocycles. The lowest BCUT2D eigenvalue weighted by Gasteiger charge is -2.08. The van der Waals surface area contributed by atoms with Gasteiger partial charge in [0.15, 0.2) is 0 Å². The van der Waals surface area contributed by atoms with E-state index in [-0.39, 0.29) is 5.56 Å². The molecule has 0 aliphatic heterocycles. The number of hydrogen-bond donors (Lipinski definition) is 1. The van der Waals surface area contributed by atoms with Crippen LogP contribution in [0.1, 0.15) is 11.3 Å². The number of halogens is 2. The lowest BCUT2D eigenvalue weighted by Crippen LogP contribution is -2.24. The second-order valence-corrected chi connectivity index (χ2v) is 5.42. The van der Waals surface area contributed by atoms with Crippen LogP contribution in [0, 0.1) is 10.5 Å². The van der Waals surface area contributed by atoms with Crippen LogP contribution in [0.3, 0.4) is 0 Å². The van der Waals surface area contributed by atoms with Crippen LogP contribution in [0.15, 0.2) is 29.3 Å². The zero-order valence-corrected chi connectivity index (χ0v) is 12.6. The number of rotatable bonds is 2. The maximum Gasteiger partial charge on any atom is 0.267 e. The fraction of sp³-hybridized carbons (Fsp3) is 0.167. The van der Waals surface area contributed by atoms with Gasteiger partial charge in [-0.05, 0) is 47.2 Å². The predicted octanol–water partition coefficient (Wildman–Crippen LogP) is 2.44. The Morgan fingerprint density at radius 3 is 2.89 bits per heavy atom. The molecule has 0 aliphatic carbocycles. The van der Waals surface area contributed by atoms with E-state index in [1.54, 1.807) is 23.0 Å². The smallest absolute Gasteiger partial charge is 0.267 e. The molecule has 1 aromatic heterocycles. The minimum absolute atomic E-state index is 0.0448. The molecule has 6 heteroatoms. The van der Waals surface area contributed by atoms with Crippen LogP contribution >= 0.6 is 34.2 Å². The van der Waals surface area contributed by atoms with Crippen LogP contribution in [-0.2, 0) is 6.54 Å². The van der Waals surface area contributed by atoms with Gasteiger partial charge in [-0.2, -0.15) is 0 Å². The van der Waals surface area contributed by atoms with Crippen molar-refractivity contribution >= 4 is 39.9 Å². The molecule has 0 aliphatic rings. The minimum Gasteiger partial charge on any atom is -0.398 e. The summed E-state index contributed by atoms with van der Waals surface area (Å²) in [7, 11) is 0. The molecule has 0 bridgehead atoms. The van der Waals surface area contributed by atoms with Gasteiger partial charge in [-0.15, -0.1) is 0 Å². The zero-order chi connectivity index (χ0) is 13.3. The molecule has 4 nitrogen and oxygen atoms in total. The van der Waals surface area contributed by atoms with Crippen molar-refractivity contribution in [1.82, 2.24) is 9.55 Å². The molecule has 94 valence electrons. The van der Waals surface area contributed by atoms with E-state index in [1.807, 2.05) is 35.6 Å². The number of benzene rings is 1. The summed E-state index contributed by atoms with van der Waals surface area (Å²) < 4.78 is 2.19. The van der Waals surface area contributed by atoms with E-state index in [4.69, 9.17) is 17.3 Å². The first-order valence-electron chi connectivity index (χ1n) is 5.24. The van der Waals surface area contributed by atoms with E-state index in [2.05, 4.69) is 4.98 Å². The monoisotopic (exact) mass is 375 g/mol. The minimum atomic E-state index is -0.0448. The van der Waals surface area contributed by atoms with Crippen LogP contribution in [-0.4, -0.2) is 9.55 Å². The van der Waals surface area contributed by atoms with Crippen molar-refractivity contribution in [2.24, 2.45) is 0 Å². The number of nitrogens with two attached hydrogens (primary N) is 1. The van der Waals surface area contributed by atoms with Crippen molar-refractivity contribution in [2.45, 2.75) is 13.5 Å². The second kappa shape index (κ2) is 5.27. The van der Waals surface area contributed by atoms with E-state index >= 15 is 0 Å². The van der Waals surface area contributed by atoms with E-state index in [0.29, 0.717) is 20.8 Å². The van der Waals surface area contributed by atoms with Crippen LogP contribution in [0.2, 0.25) is 5.02 Å². The highest BCUT2D eigenvalue weighted by Crippen LogP contribution is 2.19. The normalized spacial score (nSPS) is 10.6. The van der Waals surface area contributed by atoms with Gasteiger partial charge in [-0.3, -0.25) is 9.36 Å². The highest BCUT2D eigenvalue weighted by atomic mass is 127. The first-order chi connectivity index (χ1) is 8.49. The average molecular weight is 376 g/mol. The summed E-state index contributed by atoms with van der Waals surface area (Å²) in [5.74, 6) is 0. The number of nitrogens with zero attached hydrogens (tertiary/aromatic N) is 2. The lowest BCUT2D eigenvalue weighted by atomic mass is 10.2. The van der Waals surface area contributed by atoms with Crippen molar-refractivity contribution in [1.29, 1.82) is 0 Å².